The average Bonchev–Trinajstić information content (AvgIpc) is 3.36. The molecule has 0 aliphatic carbocycles. The fourth-order valence-electron chi connectivity index (χ4n) is 5.07. The lowest BCUT2D eigenvalue weighted by atomic mass is 9.98. The molecule has 1 fully saturated rings. The lowest BCUT2D eigenvalue weighted by Crippen LogP contribution is -2.45. The van der Waals surface area contributed by atoms with E-state index in [1.54, 1.807) is 0 Å². The van der Waals surface area contributed by atoms with Crippen molar-refractivity contribution in [3.8, 4) is 11.1 Å². The summed E-state index contributed by atoms with van der Waals surface area (Å²) in [4.78, 5) is 8.04. The second-order valence-electron chi connectivity index (χ2n) is 9.42. The monoisotopic (exact) mass is 455 g/mol. The van der Waals surface area contributed by atoms with E-state index in [2.05, 4.69) is 71.1 Å². The second kappa shape index (κ2) is 8.57. The molecular formula is C27H33N7. The second-order valence-corrected chi connectivity index (χ2v) is 9.42. The molecule has 0 bridgehead atoms. The van der Waals surface area contributed by atoms with Crippen molar-refractivity contribution in [2.24, 2.45) is 12.8 Å². The number of anilines is 2. The van der Waals surface area contributed by atoms with Gasteiger partial charge in [-0.25, -0.2) is 0 Å². The molecule has 0 atom stereocenters. The molecule has 5 N–H and O–H groups in total. The molecule has 1 aliphatic heterocycles. The molecule has 7 heteroatoms. The van der Waals surface area contributed by atoms with Gasteiger partial charge in [0.2, 0.25) is 0 Å². The average molecular weight is 456 g/mol. The first-order chi connectivity index (χ1) is 16.3. The maximum Gasteiger partial charge on any atom is 0.108 e. The highest BCUT2D eigenvalue weighted by molar-refractivity contribution is 5.93. The van der Waals surface area contributed by atoms with E-state index in [1.807, 2.05) is 30.2 Å². The minimum Gasteiger partial charge on any atom is -0.398 e. The molecular weight excluding hydrogens is 422 g/mol. The van der Waals surface area contributed by atoms with Gasteiger partial charge in [-0.3, -0.25) is 4.68 Å². The highest BCUT2D eigenvalue weighted by Gasteiger charge is 2.19. The molecule has 0 amide bonds. The zero-order valence-corrected chi connectivity index (χ0v) is 20.4. The first-order valence-corrected chi connectivity index (χ1v) is 11.7. The number of hydrogen-bond donors (Lipinski definition) is 3. The van der Waals surface area contributed by atoms with Gasteiger partial charge in [0, 0.05) is 67.3 Å². The van der Waals surface area contributed by atoms with Crippen molar-refractivity contribution in [2.45, 2.75) is 13.8 Å². The smallest absolute Gasteiger partial charge is 0.108 e. The lowest BCUT2D eigenvalue weighted by Gasteiger charge is -2.36. The van der Waals surface area contributed by atoms with Gasteiger partial charge in [-0.2, -0.15) is 5.10 Å². The number of H-pyrrole nitrogens is 1. The molecule has 0 unspecified atom stereocenters. The summed E-state index contributed by atoms with van der Waals surface area (Å²) >= 11 is 0. The molecule has 0 spiro atoms. The number of nitrogens with two attached hydrogens (primary N) is 2. The van der Waals surface area contributed by atoms with Crippen LogP contribution in [0.5, 0.6) is 0 Å². The molecule has 176 valence electrons. The molecule has 3 heterocycles. The number of nitrogen functional groups attached to an aromatic ring is 1. The Bertz CT molecular complexity index is 1360. The number of benzene rings is 2. The van der Waals surface area contributed by atoms with Crippen LogP contribution < -0.4 is 16.4 Å². The normalized spacial score (nSPS) is 15.4. The van der Waals surface area contributed by atoms with Gasteiger partial charge in [0.1, 0.15) is 5.82 Å². The fraction of sp³-hybridized carbons (Fsp3) is 0.296. The highest BCUT2D eigenvalue weighted by atomic mass is 15.3. The van der Waals surface area contributed by atoms with Crippen LogP contribution in [0, 0.1) is 13.8 Å². The molecule has 1 aliphatic rings. The molecule has 0 saturated carbocycles. The highest BCUT2D eigenvalue weighted by Crippen LogP contribution is 2.34. The minimum absolute atomic E-state index is 0.603. The van der Waals surface area contributed by atoms with Crippen LogP contribution in [0.25, 0.3) is 33.8 Å². The third-order valence-corrected chi connectivity index (χ3v) is 6.95. The quantitative estimate of drug-likeness (QED) is 0.433. The van der Waals surface area contributed by atoms with Gasteiger partial charge in [0.25, 0.3) is 0 Å². The van der Waals surface area contributed by atoms with Gasteiger partial charge in [-0.1, -0.05) is 6.07 Å². The van der Waals surface area contributed by atoms with Crippen LogP contribution in [0.4, 0.5) is 11.5 Å². The van der Waals surface area contributed by atoms with Crippen LogP contribution >= 0.6 is 0 Å². The van der Waals surface area contributed by atoms with Crippen LogP contribution in [0.2, 0.25) is 0 Å². The van der Waals surface area contributed by atoms with Crippen LogP contribution in [0.3, 0.4) is 0 Å². The van der Waals surface area contributed by atoms with Crippen molar-refractivity contribution < 1.29 is 0 Å². The van der Waals surface area contributed by atoms with E-state index < -0.39 is 0 Å². The van der Waals surface area contributed by atoms with E-state index >= 15 is 0 Å². The zero-order chi connectivity index (χ0) is 24.0. The Morgan fingerprint density at radius 2 is 1.74 bits per heavy atom. The number of piperazine rings is 1. The summed E-state index contributed by atoms with van der Waals surface area (Å²) in [6.45, 7) is 8.63. The Morgan fingerprint density at radius 3 is 2.44 bits per heavy atom. The maximum atomic E-state index is 6.64. The summed E-state index contributed by atoms with van der Waals surface area (Å²) in [6.07, 6.45) is 5.81. The van der Waals surface area contributed by atoms with Gasteiger partial charge in [0.05, 0.1) is 11.7 Å². The molecule has 2 aromatic heterocycles. The number of hydrogen-bond acceptors (Lipinski definition) is 5. The number of aromatic nitrogens is 3. The van der Waals surface area contributed by atoms with Crippen molar-refractivity contribution in [1.82, 2.24) is 19.7 Å². The van der Waals surface area contributed by atoms with Crippen LogP contribution in [0.1, 0.15) is 22.3 Å². The number of aromatic amines is 1. The molecule has 7 nitrogen and oxygen atoms in total. The predicted octanol–water partition coefficient (Wildman–Crippen LogP) is 3.98. The van der Waals surface area contributed by atoms with Gasteiger partial charge < -0.3 is 26.3 Å². The maximum absolute atomic E-state index is 6.64. The van der Waals surface area contributed by atoms with Crippen molar-refractivity contribution in [3.05, 3.63) is 65.0 Å². The van der Waals surface area contributed by atoms with Crippen LogP contribution in [-0.2, 0) is 7.05 Å². The molecule has 4 aromatic rings. The summed E-state index contributed by atoms with van der Waals surface area (Å²) in [6, 6.07) is 10.7. The summed E-state index contributed by atoms with van der Waals surface area (Å²) < 4.78 is 1.87. The Morgan fingerprint density at radius 1 is 1.03 bits per heavy atom. The minimum atomic E-state index is 0.603. The molecule has 1 saturated heterocycles. The number of likely N-dealkylation sites (N-methyl/N-ethyl adjacent to an activating group) is 1. The number of nitrogens with zero attached hydrogens (tertiary/aromatic N) is 4. The van der Waals surface area contributed by atoms with E-state index in [0.717, 1.165) is 59.3 Å². The largest absolute Gasteiger partial charge is 0.398 e. The van der Waals surface area contributed by atoms with Crippen molar-refractivity contribution in [3.63, 3.8) is 0 Å². The number of nitrogens with one attached hydrogen (secondary N) is 1. The number of rotatable bonds is 4. The van der Waals surface area contributed by atoms with Gasteiger partial charge in [0.15, 0.2) is 0 Å². The van der Waals surface area contributed by atoms with Crippen molar-refractivity contribution >= 4 is 34.2 Å². The molecule has 2 aromatic carbocycles. The Balaban J connectivity index is 1.49. The third kappa shape index (κ3) is 3.92. The van der Waals surface area contributed by atoms with E-state index in [-0.39, 0.29) is 0 Å². The summed E-state index contributed by atoms with van der Waals surface area (Å²) in [5.41, 5.74) is 22.6. The summed E-state index contributed by atoms with van der Waals surface area (Å²) in [5, 5.41) is 5.44. The van der Waals surface area contributed by atoms with Gasteiger partial charge in [-0.05, 0) is 73.5 Å². The Labute approximate surface area is 200 Å². The number of aryl methyl sites for hydroxylation is 3. The van der Waals surface area contributed by atoms with Crippen molar-refractivity contribution in [1.29, 1.82) is 0 Å². The third-order valence-electron chi connectivity index (χ3n) is 6.95. The predicted molar refractivity (Wildman–Crippen MR) is 143 cm³/mol. The Hall–Kier alpha value is -3.71. The first-order valence-electron chi connectivity index (χ1n) is 11.7. The lowest BCUT2D eigenvalue weighted by molar-refractivity contribution is 0.312. The first kappa shape index (κ1) is 22.1. The molecule has 0 radical (unpaired) electrons. The number of fused-ring (bicyclic) bond motifs is 1. The Kier molecular flexibility index (Phi) is 5.57. The van der Waals surface area contributed by atoms with E-state index in [1.165, 1.54) is 16.8 Å². The van der Waals surface area contributed by atoms with E-state index in [0.29, 0.717) is 11.5 Å². The SMILES string of the molecule is Cc1cc(/C(N)=C/c2c(-c3ccc4c(cnn4C)c3)c[nH]c2N)cc(C)c1N1CCN(C)CC1. The van der Waals surface area contributed by atoms with Gasteiger partial charge in [-0.15, -0.1) is 0 Å². The fourth-order valence-corrected chi connectivity index (χ4v) is 5.07. The van der Waals surface area contributed by atoms with Crippen molar-refractivity contribution in [2.75, 3.05) is 43.9 Å². The standard InChI is InChI=1S/C27H33N7/c1-17-11-20(12-18(2)26(17)34-9-7-32(3)8-10-34)24(28)14-22-23(16-30-27(22)29)19-5-6-25-21(13-19)15-31-33(25)4/h5-6,11-16,30H,7-10,28-29H2,1-4H3/b24-14-. The molecule has 5 rings (SSSR count). The van der Waals surface area contributed by atoms with Crippen LogP contribution in [-0.4, -0.2) is 52.9 Å². The van der Waals surface area contributed by atoms with Gasteiger partial charge >= 0.3 is 0 Å². The summed E-state index contributed by atoms with van der Waals surface area (Å²) in [7, 11) is 4.13. The molecule has 34 heavy (non-hydrogen) atoms. The van der Waals surface area contributed by atoms with Crippen LogP contribution in [0.15, 0.2) is 42.7 Å². The zero-order valence-electron chi connectivity index (χ0n) is 20.4. The van der Waals surface area contributed by atoms with E-state index in [4.69, 9.17) is 11.5 Å². The summed E-state index contributed by atoms with van der Waals surface area (Å²) in [5.74, 6) is 0.603. The van der Waals surface area contributed by atoms with E-state index in [9.17, 15) is 0 Å². The topological polar surface area (TPSA) is 92.1 Å².